The first-order chi connectivity index (χ1) is 11.9. The van der Waals surface area contributed by atoms with Gasteiger partial charge in [-0.25, -0.2) is 4.98 Å². The van der Waals surface area contributed by atoms with E-state index in [0.717, 1.165) is 21.2 Å². The van der Waals surface area contributed by atoms with Crippen LogP contribution >= 0.6 is 38.9 Å². The molecule has 130 valence electrons. The Morgan fingerprint density at radius 2 is 2.00 bits per heavy atom. The molecular weight excluding hydrogens is 422 g/mol. The second-order valence-corrected chi connectivity index (χ2v) is 8.24. The van der Waals surface area contributed by atoms with Crippen LogP contribution in [0.1, 0.15) is 10.4 Å². The van der Waals surface area contributed by atoms with Crippen LogP contribution in [0.2, 0.25) is 5.02 Å². The molecule has 0 bridgehead atoms. The van der Waals surface area contributed by atoms with Gasteiger partial charge in [0, 0.05) is 28.1 Å². The zero-order valence-electron chi connectivity index (χ0n) is 13.9. The normalized spacial score (nSPS) is 11.2. The van der Waals surface area contributed by atoms with Crippen molar-refractivity contribution in [2.75, 3.05) is 32.1 Å². The number of anilines is 1. The second kappa shape index (κ2) is 7.83. The maximum absolute atomic E-state index is 13.1. The predicted molar refractivity (Wildman–Crippen MR) is 109 cm³/mol. The maximum atomic E-state index is 13.1. The minimum atomic E-state index is -0.0618. The van der Waals surface area contributed by atoms with Crippen LogP contribution in [0.5, 0.6) is 0 Å². The van der Waals surface area contributed by atoms with Gasteiger partial charge in [-0.3, -0.25) is 9.69 Å². The number of carbonyl (C=O) groups excluding carboxylic acids is 1. The van der Waals surface area contributed by atoms with E-state index in [-0.39, 0.29) is 5.91 Å². The molecule has 0 atom stereocenters. The zero-order valence-corrected chi connectivity index (χ0v) is 17.0. The number of carbonyl (C=O) groups is 1. The molecule has 4 nitrogen and oxygen atoms in total. The van der Waals surface area contributed by atoms with E-state index >= 15 is 0 Å². The lowest BCUT2D eigenvalue weighted by molar-refractivity contribution is 0.0985. The summed E-state index contributed by atoms with van der Waals surface area (Å²) >= 11 is 11.0. The molecule has 0 saturated heterocycles. The molecule has 2 aromatic carbocycles. The monoisotopic (exact) mass is 437 g/mol. The van der Waals surface area contributed by atoms with E-state index in [9.17, 15) is 4.79 Å². The minimum absolute atomic E-state index is 0.0618. The lowest BCUT2D eigenvalue weighted by atomic mass is 10.2. The van der Waals surface area contributed by atoms with Crippen molar-refractivity contribution in [2.45, 2.75) is 0 Å². The van der Waals surface area contributed by atoms with Gasteiger partial charge in [-0.2, -0.15) is 0 Å². The van der Waals surface area contributed by atoms with Crippen LogP contribution in [0.4, 0.5) is 5.13 Å². The Balaban J connectivity index is 1.99. The largest absolute Gasteiger partial charge is 0.308 e. The topological polar surface area (TPSA) is 36.4 Å². The molecule has 3 rings (SSSR count). The maximum Gasteiger partial charge on any atom is 0.260 e. The highest BCUT2D eigenvalue weighted by molar-refractivity contribution is 9.10. The van der Waals surface area contributed by atoms with Gasteiger partial charge in [-0.1, -0.05) is 44.9 Å². The van der Waals surface area contributed by atoms with Crippen molar-refractivity contribution in [3.63, 3.8) is 0 Å². The van der Waals surface area contributed by atoms with Crippen LogP contribution in [0.15, 0.2) is 46.9 Å². The van der Waals surface area contributed by atoms with Crippen LogP contribution in [-0.4, -0.2) is 43.0 Å². The summed E-state index contributed by atoms with van der Waals surface area (Å²) < 4.78 is 1.85. The molecule has 0 N–H and O–H groups in total. The molecule has 0 radical (unpaired) electrons. The van der Waals surface area contributed by atoms with Crippen LogP contribution in [0.25, 0.3) is 10.2 Å². The zero-order chi connectivity index (χ0) is 18.0. The quantitative estimate of drug-likeness (QED) is 0.567. The summed E-state index contributed by atoms with van der Waals surface area (Å²) in [6.07, 6.45) is 0. The molecule has 0 saturated carbocycles. The Bertz CT molecular complexity index is 912. The third kappa shape index (κ3) is 4.39. The van der Waals surface area contributed by atoms with E-state index in [2.05, 4.69) is 20.9 Å². The highest BCUT2D eigenvalue weighted by Crippen LogP contribution is 2.31. The minimum Gasteiger partial charge on any atom is -0.308 e. The highest BCUT2D eigenvalue weighted by Gasteiger charge is 2.21. The molecule has 25 heavy (non-hydrogen) atoms. The van der Waals surface area contributed by atoms with E-state index in [1.807, 2.05) is 61.5 Å². The average Bonchev–Trinajstić information content (AvgIpc) is 2.97. The summed E-state index contributed by atoms with van der Waals surface area (Å²) in [7, 11) is 3.97. The van der Waals surface area contributed by atoms with E-state index in [4.69, 9.17) is 11.6 Å². The number of benzene rings is 2. The first kappa shape index (κ1) is 18.3. The summed E-state index contributed by atoms with van der Waals surface area (Å²) in [5, 5.41) is 1.35. The molecular formula is C18H17BrClN3OS. The van der Waals surface area contributed by atoms with Crippen molar-refractivity contribution in [3.8, 4) is 0 Å². The third-order valence-electron chi connectivity index (χ3n) is 3.66. The van der Waals surface area contributed by atoms with Crippen molar-refractivity contribution >= 4 is 60.1 Å². The lowest BCUT2D eigenvalue weighted by Gasteiger charge is -2.22. The summed E-state index contributed by atoms with van der Waals surface area (Å²) in [5.41, 5.74) is 1.48. The Hall–Kier alpha value is -1.47. The van der Waals surface area contributed by atoms with Gasteiger partial charge in [-0.05, 0) is 50.5 Å². The van der Waals surface area contributed by atoms with Gasteiger partial charge in [0.1, 0.15) is 0 Å². The fourth-order valence-corrected chi connectivity index (χ4v) is 4.03. The number of rotatable bonds is 5. The van der Waals surface area contributed by atoms with Crippen LogP contribution in [-0.2, 0) is 0 Å². The number of aromatic nitrogens is 1. The van der Waals surface area contributed by atoms with Gasteiger partial charge in [0.25, 0.3) is 5.91 Å². The Labute approximate surface area is 164 Å². The second-order valence-electron chi connectivity index (χ2n) is 5.88. The fourth-order valence-electron chi connectivity index (χ4n) is 2.36. The summed E-state index contributed by atoms with van der Waals surface area (Å²) in [4.78, 5) is 21.5. The summed E-state index contributed by atoms with van der Waals surface area (Å²) in [5.74, 6) is -0.0618. The number of fused-ring (bicyclic) bond motifs is 1. The predicted octanol–water partition coefficient (Wildman–Crippen LogP) is 4.92. The Kier molecular flexibility index (Phi) is 5.74. The molecule has 0 aliphatic rings. The number of nitrogens with zero attached hydrogens (tertiary/aromatic N) is 3. The molecule has 7 heteroatoms. The van der Waals surface area contributed by atoms with E-state index in [1.54, 1.807) is 4.90 Å². The van der Waals surface area contributed by atoms with Crippen molar-refractivity contribution in [1.29, 1.82) is 0 Å². The standard InChI is InChI=1S/C18H17BrClN3OS/c1-22(2)8-9-23(17(24)12-4-3-5-13(19)10-12)18-21-15-7-6-14(20)11-16(15)25-18/h3-7,10-11H,8-9H2,1-2H3. The number of hydrogen-bond acceptors (Lipinski definition) is 4. The summed E-state index contributed by atoms with van der Waals surface area (Å²) in [6, 6.07) is 13.0. The van der Waals surface area contributed by atoms with E-state index < -0.39 is 0 Å². The van der Waals surface area contributed by atoms with Crippen molar-refractivity contribution in [2.24, 2.45) is 0 Å². The smallest absolute Gasteiger partial charge is 0.260 e. The molecule has 0 aliphatic carbocycles. The molecule has 0 unspecified atom stereocenters. The number of likely N-dealkylation sites (N-methyl/N-ethyl adjacent to an activating group) is 1. The molecule has 0 spiro atoms. The van der Waals surface area contributed by atoms with Crippen molar-refractivity contribution in [3.05, 3.63) is 57.5 Å². The molecule has 0 fully saturated rings. The van der Waals surface area contributed by atoms with Crippen LogP contribution < -0.4 is 4.90 Å². The van der Waals surface area contributed by atoms with Crippen LogP contribution in [0, 0.1) is 0 Å². The molecule has 1 heterocycles. The summed E-state index contributed by atoms with van der Waals surface area (Å²) in [6.45, 7) is 1.31. The first-order valence-electron chi connectivity index (χ1n) is 7.72. The fraction of sp³-hybridized carbons (Fsp3) is 0.222. The highest BCUT2D eigenvalue weighted by atomic mass is 79.9. The van der Waals surface area contributed by atoms with E-state index in [1.165, 1.54) is 11.3 Å². The third-order valence-corrected chi connectivity index (χ3v) is 5.43. The Morgan fingerprint density at radius 1 is 1.20 bits per heavy atom. The number of thiazole rings is 1. The average molecular weight is 439 g/mol. The molecule has 1 aromatic heterocycles. The number of amides is 1. The number of halogens is 2. The van der Waals surface area contributed by atoms with Crippen molar-refractivity contribution in [1.82, 2.24) is 9.88 Å². The van der Waals surface area contributed by atoms with Crippen LogP contribution in [0.3, 0.4) is 0 Å². The van der Waals surface area contributed by atoms with Gasteiger partial charge in [0.05, 0.1) is 10.2 Å². The Morgan fingerprint density at radius 3 is 2.72 bits per heavy atom. The SMILES string of the molecule is CN(C)CCN(C(=O)c1cccc(Br)c1)c1nc2ccc(Cl)cc2s1. The van der Waals surface area contributed by atoms with Gasteiger partial charge in [0.15, 0.2) is 5.13 Å². The van der Waals surface area contributed by atoms with Gasteiger partial charge in [-0.15, -0.1) is 0 Å². The van der Waals surface area contributed by atoms with Gasteiger partial charge in [0.2, 0.25) is 0 Å². The molecule has 1 amide bonds. The molecule has 0 aliphatic heterocycles. The van der Waals surface area contributed by atoms with Gasteiger partial charge >= 0.3 is 0 Å². The van der Waals surface area contributed by atoms with E-state index in [0.29, 0.717) is 22.3 Å². The molecule has 3 aromatic rings. The van der Waals surface area contributed by atoms with Gasteiger partial charge < -0.3 is 4.90 Å². The lowest BCUT2D eigenvalue weighted by Crippen LogP contribution is -2.36. The number of hydrogen-bond donors (Lipinski definition) is 0. The van der Waals surface area contributed by atoms with Crippen molar-refractivity contribution < 1.29 is 4.79 Å². The first-order valence-corrected chi connectivity index (χ1v) is 9.71.